The van der Waals surface area contributed by atoms with E-state index in [1.54, 1.807) is 30.5 Å². The van der Waals surface area contributed by atoms with E-state index in [9.17, 15) is 13.6 Å². The number of nitrogens with zero attached hydrogens (tertiary/aromatic N) is 3. The van der Waals surface area contributed by atoms with Crippen LogP contribution in [0.3, 0.4) is 0 Å². The minimum Gasteiger partial charge on any atom is -0.277 e. The van der Waals surface area contributed by atoms with Gasteiger partial charge in [0.25, 0.3) is 5.91 Å². The third-order valence-electron chi connectivity index (χ3n) is 3.71. The van der Waals surface area contributed by atoms with Gasteiger partial charge in [0.15, 0.2) is 10.9 Å². The van der Waals surface area contributed by atoms with Gasteiger partial charge >= 0.3 is 0 Å². The van der Waals surface area contributed by atoms with Crippen molar-refractivity contribution in [3.05, 3.63) is 74.7 Å². The lowest BCUT2D eigenvalue weighted by Gasteiger charge is -2.18. The van der Waals surface area contributed by atoms with Crippen LogP contribution in [0.1, 0.15) is 15.4 Å². The van der Waals surface area contributed by atoms with Crippen LogP contribution >= 0.6 is 38.6 Å². The fourth-order valence-corrected chi connectivity index (χ4v) is 4.84. The van der Waals surface area contributed by atoms with Gasteiger partial charge in [-0.2, -0.15) is 0 Å². The van der Waals surface area contributed by atoms with Crippen molar-refractivity contribution in [2.24, 2.45) is 0 Å². The monoisotopic (exact) mass is 465 g/mol. The Morgan fingerprint density at radius 1 is 1.15 bits per heavy atom. The van der Waals surface area contributed by atoms with Crippen molar-refractivity contribution in [1.29, 1.82) is 0 Å². The van der Waals surface area contributed by atoms with Gasteiger partial charge in [0.05, 0.1) is 25.6 Å². The van der Waals surface area contributed by atoms with Gasteiger partial charge in [0.1, 0.15) is 11.3 Å². The highest BCUT2D eigenvalue weighted by Crippen LogP contribution is 2.33. The lowest BCUT2D eigenvalue weighted by atomic mass is 10.3. The molecule has 0 N–H and O–H groups in total. The highest BCUT2D eigenvalue weighted by molar-refractivity contribution is 9.11. The van der Waals surface area contributed by atoms with Gasteiger partial charge < -0.3 is 0 Å². The van der Waals surface area contributed by atoms with E-state index in [1.165, 1.54) is 22.3 Å². The van der Waals surface area contributed by atoms with Gasteiger partial charge in [-0.25, -0.2) is 13.8 Å². The number of benzene rings is 1. The molecular formula is C18H10BrF2N3OS2. The van der Waals surface area contributed by atoms with E-state index in [0.717, 1.165) is 21.2 Å². The fourth-order valence-electron chi connectivity index (χ4n) is 2.50. The van der Waals surface area contributed by atoms with E-state index >= 15 is 0 Å². The van der Waals surface area contributed by atoms with Crippen molar-refractivity contribution in [2.45, 2.75) is 6.54 Å². The summed E-state index contributed by atoms with van der Waals surface area (Å²) in [6.45, 7) is 0.166. The Balaban J connectivity index is 1.79. The molecule has 0 atom stereocenters. The summed E-state index contributed by atoms with van der Waals surface area (Å²) < 4.78 is 28.7. The first-order chi connectivity index (χ1) is 13.0. The molecule has 3 aromatic heterocycles. The first-order valence-corrected chi connectivity index (χ1v) is 10.2. The molecule has 1 amide bonds. The van der Waals surface area contributed by atoms with Crippen molar-refractivity contribution in [2.75, 3.05) is 4.90 Å². The van der Waals surface area contributed by atoms with Crippen LogP contribution in [0.4, 0.5) is 13.9 Å². The molecule has 0 bridgehead atoms. The van der Waals surface area contributed by atoms with E-state index < -0.39 is 11.6 Å². The van der Waals surface area contributed by atoms with Crippen molar-refractivity contribution in [1.82, 2.24) is 9.97 Å². The summed E-state index contributed by atoms with van der Waals surface area (Å²) >= 11 is 5.70. The molecule has 1 aromatic carbocycles. The van der Waals surface area contributed by atoms with Crippen LogP contribution in [0.25, 0.3) is 10.2 Å². The van der Waals surface area contributed by atoms with Crippen LogP contribution in [-0.2, 0) is 6.54 Å². The molecule has 4 nitrogen and oxygen atoms in total. The number of carbonyl (C=O) groups is 1. The van der Waals surface area contributed by atoms with Crippen LogP contribution < -0.4 is 4.90 Å². The topological polar surface area (TPSA) is 46.1 Å². The second-order valence-corrected chi connectivity index (χ2v) is 9.02. The Morgan fingerprint density at radius 2 is 2.00 bits per heavy atom. The Kier molecular flexibility index (Phi) is 4.98. The number of hydrogen-bond acceptors (Lipinski definition) is 5. The summed E-state index contributed by atoms with van der Waals surface area (Å²) in [6, 6.07) is 10.9. The summed E-state index contributed by atoms with van der Waals surface area (Å²) in [4.78, 5) is 23.5. The second kappa shape index (κ2) is 7.41. The molecule has 0 aliphatic heterocycles. The highest BCUT2D eigenvalue weighted by Gasteiger charge is 2.24. The molecular weight excluding hydrogens is 456 g/mol. The lowest BCUT2D eigenvalue weighted by molar-refractivity contribution is 0.0988. The number of rotatable bonds is 4. The number of halogens is 3. The maximum absolute atomic E-state index is 14.1. The zero-order chi connectivity index (χ0) is 19.0. The third-order valence-corrected chi connectivity index (χ3v) is 6.35. The summed E-state index contributed by atoms with van der Waals surface area (Å²) in [5.41, 5.74) is 0.704. The zero-order valence-electron chi connectivity index (χ0n) is 13.5. The minimum atomic E-state index is -0.753. The molecule has 0 saturated heterocycles. The van der Waals surface area contributed by atoms with Gasteiger partial charge in [0, 0.05) is 12.3 Å². The van der Waals surface area contributed by atoms with Crippen molar-refractivity contribution in [3.8, 4) is 0 Å². The maximum Gasteiger partial charge on any atom is 0.270 e. The first-order valence-electron chi connectivity index (χ1n) is 7.74. The molecule has 0 unspecified atom stereocenters. The number of carbonyl (C=O) groups excluding carboxylic acids is 1. The van der Waals surface area contributed by atoms with E-state index in [1.807, 2.05) is 6.07 Å². The Morgan fingerprint density at radius 3 is 2.70 bits per heavy atom. The van der Waals surface area contributed by atoms with Crippen LogP contribution in [0.15, 0.2) is 52.4 Å². The average Bonchev–Trinajstić information content (AvgIpc) is 3.26. The predicted octanol–water partition coefficient (Wildman–Crippen LogP) is 5.64. The van der Waals surface area contributed by atoms with Gasteiger partial charge in [0.2, 0.25) is 0 Å². The largest absolute Gasteiger partial charge is 0.277 e. The second-order valence-electron chi connectivity index (χ2n) is 5.55. The van der Waals surface area contributed by atoms with Crippen LogP contribution in [0.2, 0.25) is 0 Å². The van der Waals surface area contributed by atoms with E-state index in [-0.39, 0.29) is 23.1 Å². The van der Waals surface area contributed by atoms with Gasteiger partial charge in [-0.15, -0.1) is 11.3 Å². The molecule has 0 spiro atoms. The smallest absolute Gasteiger partial charge is 0.270 e. The van der Waals surface area contributed by atoms with Gasteiger partial charge in [-0.05, 0) is 46.3 Å². The van der Waals surface area contributed by atoms with E-state index in [2.05, 4.69) is 25.9 Å². The van der Waals surface area contributed by atoms with Gasteiger partial charge in [-0.3, -0.25) is 14.7 Å². The number of thiazole rings is 1. The van der Waals surface area contributed by atoms with Crippen molar-refractivity contribution in [3.63, 3.8) is 0 Å². The molecule has 0 aliphatic carbocycles. The molecule has 0 fully saturated rings. The summed E-state index contributed by atoms with van der Waals surface area (Å²) in [5.74, 6) is -1.71. The summed E-state index contributed by atoms with van der Waals surface area (Å²) in [5, 5.41) is 0.287. The fraction of sp³-hybridized carbons (Fsp3) is 0.0556. The first kappa shape index (κ1) is 18.1. The maximum atomic E-state index is 14.1. The lowest BCUT2D eigenvalue weighted by Crippen LogP contribution is -2.30. The number of aromatic nitrogens is 2. The normalized spacial score (nSPS) is 11.1. The molecule has 4 rings (SSSR count). The van der Waals surface area contributed by atoms with Crippen LogP contribution in [-0.4, -0.2) is 15.9 Å². The Labute approximate surface area is 169 Å². The molecule has 9 heteroatoms. The molecule has 27 heavy (non-hydrogen) atoms. The summed E-state index contributed by atoms with van der Waals surface area (Å²) in [6.07, 6.45) is 1.63. The molecule has 4 aromatic rings. The highest BCUT2D eigenvalue weighted by atomic mass is 79.9. The average molecular weight is 466 g/mol. The number of hydrogen-bond donors (Lipinski definition) is 0. The Hall–Kier alpha value is -2.23. The number of pyridine rings is 1. The number of anilines is 1. The molecule has 0 radical (unpaired) electrons. The zero-order valence-corrected chi connectivity index (χ0v) is 16.7. The predicted molar refractivity (Wildman–Crippen MR) is 106 cm³/mol. The minimum absolute atomic E-state index is 0.0441. The van der Waals surface area contributed by atoms with E-state index in [0.29, 0.717) is 15.3 Å². The van der Waals surface area contributed by atoms with E-state index in [4.69, 9.17) is 0 Å². The third kappa shape index (κ3) is 3.76. The molecule has 0 saturated carbocycles. The number of fused-ring (bicyclic) bond motifs is 1. The number of thiophene rings is 1. The number of amides is 1. The summed E-state index contributed by atoms with van der Waals surface area (Å²) in [7, 11) is 0. The Bertz CT molecular complexity index is 1130. The molecule has 0 aliphatic rings. The standard InChI is InChI=1S/C18H10BrF2N3OS2/c19-15-5-4-13(26-15)17(25)24(9-11-3-1-2-6-22-11)18-23-16-12(21)7-10(20)8-14(16)27-18/h1-8H,9H2. The van der Waals surface area contributed by atoms with Crippen molar-refractivity contribution >= 4 is 59.9 Å². The SMILES string of the molecule is O=C(c1ccc(Br)s1)N(Cc1ccccn1)c1nc2c(F)cc(F)cc2s1. The molecule has 3 heterocycles. The van der Waals surface area contributed by atoms with Gasteiger partial charge in [-0.1, -0.05) is 17.4 Å². The quantitative estimate of drug-likeness (QED) is 0.391. The van der Waals surface area contributed by atoms with Crippen LogP contribution in [0, 0.1) is 11.6 Å². The molecule has 136 valence electrons. The van der Waals surface area contributed by atoms with Crippen molar-refractivity contribution < 1.29 is 13.6 Å². The van der Waals surface area contributed by atoms with Crippen LogP contribution in [0.5, 0.6) is 0 Å².